The van der Waals surface area contributed by atoms with Crippen LogP contribution in [0.15, 0.2) is 74.4 Å². The fourth-order valence-electron chi connectivity index (χ4n) is 3.53. The van der Waals surface area contributed by atoms with Gasteiger partial charge in [0.15, 0.2) is 0 Å². The zero-order valence-electron chi connectivity index (χ0n) is 16.2. The molecule has 0 N–H and O–H groups in total. The topological polar surface area (TPSA) is 26.4 Å². The molecule has 0 saturated heterocycles. The van der Waals surface area contributed by atoms with Gasteiger partial charge in [0.25, 0.3) is 0 Å². The summed E-state index contributed by atoms with van der Waals surface area (Å²) in [6.07, 6.45) is 18.9. The van der Waals surface area contributed by atoms with Gasteiger partial charge in [0.2, 0.25) is 19.0 Å². The molecule has 0 bridgehead atoms. The van der Waals surface area contributed by atoms with E-state index in [2.05, 4.69) is 123 Å². The summed E-state index contributed by atoms with van der Waals surface area (Å²) in [6, 6.07) is 6.96. The van der Waals surface area contributed by atoms with E-state index in [4.69, 9.17) is 0 Å². The maximum Gasteiger partial charge on any atom is 0.243 e. The summed E-state index contributed by atoms with van der Waals surface area (Å²) in [5.41, 5.74) is 3.98. The Morgan fingerprint density at radius 3 is 1.07 bits per heavy atom. The molecule has 0 amide bonds. The lowest BCUT2D eigenvalue weighted by atomic mass is 10.0. The SMILES string of the molecule is Cn1cc[n+](Cc2cc(C[n+]3ccn(C)c3)cc(C[n+]3ccn(C)c3)c2)c1. The molecule has 6 nitrogen and oxygen atoms in total. The molecule has 0 radical (unpaired) electrons. The van der Waals surface area contributed by atoms with Gasteiger partial charge in [0.05, 0.1) is 21.1 Å². The van der Waals surface area contributed by atoms with Gasteiger partial charge in [-0.25, -0.2) is 27.4 Å². The number of rotatable bonds is 6. The average Bonchev–Trinajstić information content (AvgIpc) is 3.31. The Bertz CT molecular complexity index is 906. The first-order valence-electron chi connectivity index (χ1n) is 9.18. The standard InChI is InChI=1S/C21H27N6/c1-22-4-7-25(16-22)13-19-10-20(14-26-8-5-23(2)17-26)12-21(11-19)15-27-9-6-24(3)18-27/h4-12,16-18H,13-15H2,1-3H3/q+3. The van der Waals surface area contributed by atoms with E-state index in [0.29, 0.717) is 0 Å². The van der Waals surface area contributed by atoms with Gasteiger partial charge in [-0.1, -0.05) is 0 Å². The number of benzene rings is 1. The molecule has 138 valence electrons. The summed E-state index contributed by atoms with van der Waals surface area (Å²) >= 11 is 0. The van der Waals surface area contributed by atoms with E-state index in [-0.39, 0.29) is 0 Å². The van der Waals surface area contributed by atoms with Crippen LogP contribution in [0.1, 0.15) is 16.7 Å². The van der Waals surface area contributed by atoms with Crippen LogP contribution in [0.2, 0.25) is 0 Å². The molecule has 0 unspecified atom stereocenters. The normalized spacial score (nSPS) is 11.2. The third-order valence-electron chi connectivity index (χ3n) is 4.68. The van der Waals surface area contributed by atoms with Crippen molar-refractivity contribution in [3.8, 4) is 0 Å². The second kappa shape index (κ2) is 7.23. The van der Waals surface area contributed by atoms with Crippen molar-refractivity contribution >= 4 is 0 Å². The summed E-state index contributed by atoms with van der Waals surface area (Å²) in [5, 5.41) is 0. The van der Waals surface area contributed by atoms with Crippen molar-refractivity contribution in [3.63, 3.8) is 0 Å². The van der Waals surface area contributed by atoms with Crippen LogP contribution in [0.3, 0.4) is 0 Å². The van der Waals surface area contributed by atoms with Gasteiger partial charge >= 0.3 is 0 Å². The molecular formula is C21H27N6+3. The van der Waals surface area contributed by atoms with Crippen LogP contribution in [0.5, 0.6) is 0 Å². The van der Waals surface area contributed by atoms with E-state index >= 15 is 0 Å². The molecule has 4 aromatic rings. The molecule has 3 aromatic heterocycles. The van der Waals surface area contributed by atoms with E-state index in [1.54, 1.807) is 0 Å². The summed E-state index contributed by atoms with van der Waals surface area (Å²) in [7, 11) is 6.16. The predicted molar refractivity (Wildman–Crippen MR) is 101 cm³/mol. The second-order valence-corrected chi connectivity index (χ2v) is 7.41. The van der Waals surface area contributed by atoms with E-state index in [1.165, 1.54) is 16.7 Å². The summed E-state index contributed by atoms with van der Waals surface area (Å²) in [5.74, 6) is 0. The third-order valence-corrected chi connectivity index (χ3v) is 4.68. The van der Waals surface area contributed by atoms with E-state index < -0.39 is 0 Å². The Balaban J connectivity index is 1.63. The number of hydrogen-bond acceptors (Lipinski definition) is 0. The first-order valence-corrected chi connectivity index (χ1v) is 9.18. The lowest BCUT2D eigenvalue weighted by Gasteiger charge is -2.07. The molecule has 27 heavy (non-hydrogen) atoms. The van der Waals surface area contributed by atoms with Gasteiger partial charge in [-0.05, 0) is 34.9 Å². The number of nitrogens with zero attached hydrogens (tertiary/aromatic N) is 6. The highest BCUT2D eigenvalue weighted by molar-refractivity contribution is 5.29. The predicted octanol–water partition coefficient (Wildman–Crippen LogP) is 0.710. The van der Waals surface area contributed by atoms with Crippen LogP contribution in [-0.2, 0) is 40.8 Å². The summed E-state index contributed by atoms with van der Waals surface area (Å²) < 4.78 is 12.9. The molecule has 6 heteroatoms. The zero-order chi connectivity index (χ0) is 18.8. The van der Waals surface area contributed by atoms with Crippen LogP contribution < -0.4 is 13.7 Å². The molecular weight excluding hydrogens is 336 g/mol. The first kappa shape index (κ1) is 17.3. The van der Waals surface area contributed by atoms with Gasteiger partial charge < -0.3 is 0 Å². The van der Waals surface area contributed by atoms with Crippen LogP contribution in [0, 0.1) is 0 Å². The fraction of sp³-hybridized carbons (Fsp3) is 0.286. The molecule has 0 aliphatic heterocycles. The summed E-state index contributed by atoms with van der Waals surface area (Å²) in [6.45, 7) is 2.63. The largest absolute Gasteiger partial charge is 0.243 e. The van der Waals surface area contributed by atoms with Crippen LogP contribution >= 0.6 is 0 Å². The second-order valence-electron chi connectivity index (χ2n) is 7.41. The van der Waals surface area contributed by atoms with E-state index in [9.17, 15) is 0 Å². The van der Waals surface area contributed by atoms with Crippen molar-refractivity contribution in [1.29, 1.82) is 0 Å². The van der Waals surface area contributed by atoms with Gasteiger partial charge in [-0.15, -0.1) is 0 Å². The van der Waals surface area contributed by atoms with E-state index in [0.717, 1.165) is 19.6 Å². The number of imidazole rings is 3. The number of aromatic nitrogens is 6. The first-order chi connectivity index (χ1) is 13.0. The van der Waals surface area contributed by atoms with Crippen LogP contribution in [-0.4, -0.2) is 13.7 Å². The molecule has 0 saturated carbocycles. The Morgan fingerprint density at radius 2 is 0.852 bits per heavy atom. The Hall–Kier alpha value is -3.15. The van der Waals surface area contributed by atoms with Gasteiger partial charge in [-0.3, -0.25) is 0 Å². The minimum atomic E-state index is 0.876. The van der Waals surface area contributed by atoms with Crippen LogP contribution in [0.25, 0.3) is 0 Å². The smallest absolute Gasteiger partial charge is 0.240 e. The van der Waals surface area contributed by atoms with E-state index in [1.807, 2.05) is 0 Å². The van der Waals surface area contributed by atoms with Gasteiger partial charge in [0.1, 0.15) is 56.8 Å². The van der Waals surface area contributed by atoms with Crippen molar-refractivity contribution in [3.05, 3.63) is 91.1 Å². The minimum absolute atomic E-state index is 0.876. The van der Waals surface area contributed by atoms with Crippen molar-refractivity contribution in [1.82, 2.24) is 13.7 Å². The molecule has 4 rings (SSSR count). The van der Waals surface area contributed by atoms with Crippen molar-refractivity contribution in [2.75, 3.05) is 0 Å². The molecule has 1 aromatic carbocycles. The minimum Gasteiger partial charge on any atom is -0.240 e. The van der Waals surface area contributed by atoms with Crippen molar-refractivity contribution in [2.45, 2.75) is 19.6 Å². The molecule has 0 fully saturated rings. The number of hydrogen-bond donors (Lipinski definition) is 0. The van der Waals surface area contributed by atoms with Crippen molar-refractivity contribution in [2.24, 2.45) is 21.1 Å². The Kier molecular flexibility index (Phi) is 4.62. The fourth-order valence-corrected chi connectivity index (χ4v) is 3.53. The Labute approximate surface area is 159 Å². The van der Waals surface area contributed by atoms with Crippen molar-refractivity contribution < 1.29 is 13.7 Å². The molecule has 0 atom stereocenters. The lowest BCUT2D eigenvalue weighted by molar-refractivity contribution is -0.689. The number of aryl methyl sites for hydroxylation is 3. The average molecular weight is 363 g/mol. The summed E-state index contributed by atoms with van der Waals surface area (Å²) in [4.78, 5) is 0. The lowest BCUT2D eigenvalue weighted by Crippen LogP contribution is -2.34. The van der Waals surface area contributed by atoms with Gasteiger partial charge in [-0.2, -0.15) is 0 Å². The molecule has 0 aliphatic carbocycles. The zero-order valence-corrected chi connectivity index (χ0v) is 16.2. The highest BCUT2D eigenvalue weighted by atomic mass is 15.1. The highest BCUT2D eigenvalue weighted by Crippen LogP contribution is 2.11. The quantitative estimate of drug-likeness (QED) is 0.451. The van der Waals surface area contributed by atoms with Crippen LogP contribution in [0.4, 0.5) is 0 Å². The molecule has 0 aliphatic rings. The Morgan fingerprint density at radius 1 is 0.556 bits per heavy atom. The third kappa shape index (κ3) is 4.34. The molecule has 3 heterocycles. The molecule has 0 spiro atoms. The maximum absolute atomic E-state index is 2.32. The highest BCUT2D eigenvalue weighted by Gasteiger charge is 2.11. The monoisotopic (exact) mass is 363 g/mol. The maximum atomic E-state index is 2.32. The van der Waals surface area contributed by atoms with Gasteiger partial charge in [0, 0.05) is 0 Å².